The molecule has 0 spiro atoms. The van der Waals surface area contributed by atoms with Gasteiger partial charge in [0.05, 0.1) is 11.9 Å². The van der Waals surface area contributed by atoms with E-state index >= 15 is 0 Å². The first-order valence-electron chi connectivity index (χ1n) is 3.33. The van der Waals surface area contributed by atoms with Gasteiger partial charge >= 0.3 is 0 Å². The van der Waals surface area contributed by atoms with Crippen LogP contribution < -0.4 is 0 Å². The van der Waals surface area contributed by atoms with Crippen LogP contribution in [0.1, 0.15) is 5.69 Å². The van der Waals surface area contributed by atoms with Crippen LogP contribution in [0.3, 0.4) is 0 Å². The molecule has 0 bridgehead atoms. The molecule has 2 aromatic heterocycles. The maximum absolute atomic E-state index is 9.28. The van der Waals surface area contributed by atoms with Crippen molar-refractivity contribution in [2.75, 3.05) is 0 Å². The Balaban J connectivity index is 2.90. The third-order valence-electron chi connectivity index (χ3n) is 1.50. The van der Waals surface area contributed by atoms with Gasteiger partial charge in [0.2, 0.25) is 0 Å². The molecule has 1 radical (unpaired) electrons. The molecule has 0 amide bonds. The van der Waals surface area contributed by atoms with E-state index in [1.165, 1.54) is 0 Å². The monoisotopic (exact) mass is 147 g/mol. The fourth-order valence-electron chi connectivity index (χ4n) is 1.05. The molecule has 1 N–H and O–H groups in total. The Bertz CT molecular complexity index is 392. The number of nitrogens with zero attached hydrogens (tertiary/aromatic N) is 2. The van der Waals surface area contributed by atoms with Crippen LogP contribution in [0.25, 0.3) is 5.65 Å². The molecule has 0 atom stereocenters. The Hall–Kier alpha value is -1.51. The number of aromatic nitrogens is 2. The third kappa shape index (κ3) is 0.852. The van der Waals surface area contributed by atoms with Crippen LogP contribution >= 0.6 is 0 Å². The Morgan fingerprint density at radius 2 is 2.45 bits per heavy atom. The molecule has 0 aromatic carbocycles. The molecule has 2 aromatic rings. The van der Waals surface area contributed by atoms with Crippen molar-refractivity contribution in [1.82, 2.24) is 9.38 Å². The van der Waals surface area contributed by atoms with Crippen molar-refractivity contribution >= 4 is 5.65 Å². The summed E-state index contributed by atoms with van der Waals surface area (Å²) in [7, 11) is 0. The highest BCUT2D eigenvalue weighted by Crippen LogP contribution is 2.15. The number of pyridine rings is 1. The standard InChI is InChI=1S/C8H7N2O/c1-6-5-10-4-2-3-7(11)8(10)9-6/h2-4,11H,1H3. The average molecular weight is 147 g/mol. The third-order valence-corrected chi connectivity index (χ3v) is 1.50. The van der Waals surface area contributed by atoms with Crippen molar-refractivity contribution in [3.05, 3.63) is 30.2 Å². The van der Waals surface area contributed by atoms with Gasteiger partial charge in [0, 0.05) is 6.20 Å². The summed E-state index contributed by atoms with van der Waals surface area (Å²) in [4.78, 5) is 4.07. The number of hydrogen-bond donors (Lipinski definition) is 1. The summed E-state index contributed by atoms with van der Waals surface area (Å²) in [5.74, 6) is 0.192. The highest BCUT2D eigenvalue weighted by atomic mass is 16.3. The van der Waals surface area contributed by atoms with Gasteiger partial charge in [-0.2, -0.15) is 0 Å². The van der Waals surface area contributed by atoms with E-state index in [1.54, 1.807) is 22.7 Å². The van der Waals surface area contributed by atoms with Crippen molar-refractivity contribution in [1.29, 1.82) is 0 Å². The molecule has 11 heavy (non-hydrogen) atoms. The van der Waals surface area contributed by atoms with Crippen LogP contribution in [0.15, 0.2) is 18.3 Å². The summed E-state index contributed by atoms with van der Waals surface area (Å²) in [6.45, 7) is 1.84. The summed E-state index contributed by atoms with van der Waals surface area (Å²) in [5.41, 5.74) is 1.34. The van der Waals surface area contributed by atoms with Crippen LogP contribution in [0.4, 0.5) is 0 Å². The van der Waals surface area contributed by atoms with Crippen molar-refractivity contribution in [2.24, 2.45) is 0 Å². The number of aryl methyl sites for hydroxylation is 1. The van der Waals surface area contributed by atoms with E-state index < -0.39 is 0 Å². The highest BCUT2D eigenvalue weighted by molar-refractivity contribution is 5.52. The SMILES string of the molecule is Cc1[c]n2cccc(O)c2n1. The predicted octanol–water partition coefficient (Wildman–Crippen LogP) is 1.15. The molecule has 3 nitrogen and oxygen atoms in total. The topological polar surface area (TPSA) is 37.5 Å². The van der Waals surface area contributed by atoms with Crippen molar-refractivity contribution in [2.45, 2.75) is 6.92 Å². The Labute approximate surface area is 63.9 Å². The van der Waals surface area contributed by atoms with Crippen molar-refractivity contribution < 1.29 is 5.11 Å². The lowest BCUT2D eigenvalue weighted by Gasteiger charge is -1.92. The second-order valence-corrected chi connectivity index (χ2v) is 2.40. The molecule has 2 heterocycles. The van der Waals surface area contributed by atoms with Gasteiger partial charge in [-0.1, -0.05) is 0 Å². The summed E-state index contributed by atoms with van der Waals surface area (Å²) in [6.07, 6.45) is 4.75. The van der Waals surface area contributed by atoms with E-state index in [2.05, 4.69) is 11.2 Å². The Kier molecular flexibility index (Phi) is 1.12. The zero-order valence-corrected chi connectivity index (χ0v) is 6.07. The zero-order valence-electron chi connectivity index (χ0n) is 6.07. The second-order valence-electron chi connectivity index (χ2n) is 2.40. The zero-order chi connectivity index (χ0) is 7.84. The molecular weight excluding hydrogens is 140 g/mol. The minimum absolute atomic E-state index is 0.192. The van der Waals surface area contributed by atoms with Gasteiger partial charge in [-0.3, -0.25) is 4.40 Å². The minimum atomic E-state index is 0.192. The van der Waals surface area contributed by atoms with E-state index in [0.717, 1.165) is 5.69 Å². The first-order chi connectivity index (χ1) is 5.27. The van der Waals surface area contributed by atoms with Crippen LogP contribution in [0, 0.1) is 13.1 Å². The average Bonchev–Trinajstić information content (AvgIpc) is 2.31. The summed E-state index contributed by atoms with van der Waals surface area (Å²) in [6, 6.07) is 3.36. The van der Waals surface area contributed by atoms with E-state index in [0.29, 0.717) is 5.65 Å². The molecule has 55 valence electrons. The van der Waals surface area contributed by atoms with E-state index in [-0.39, 0.29) is 5.75 Å². The smallest absolute Gasteiger partial charge is 0.180 e. The predicted molar refractivity (Wildman–Crippen MR) is 40.4 cm³/mol. The van der Waals surface area contributed by atoms with Crippen molar-refractivity contribution in [3.63, 3.8) is 0 Å². The lowest BCUT2D eigenvalue weighted by atomic mass is 10.4. The Morgan fingerprint density at radius 1 is 1.64 bits per heavy atom. The molecule has 3 heteroatoms. The summed E-state index contributed by atoms with van der Waals surface area (Å²) >= 11 is 0. The molecule has 0 fully saturated rings. The quantitative estimate of drug-likeness (QED) is 0.607. The number of fused-ring (bicyclic) bond motifs is 1. The molecule has 0 saturated heterocycles. The fraction of sp³-hybridized carbons (Fsp3) is 0.125. The first-order valence-corrected chi connectivity index (χ1v) is 3.33. The number of imidazole rings is 1. The second kappa shape index (κ2) is 1.99. The van der Waals surface area contributed by atoms with Crippen molar-refractivity contribution in [3.8, 4) is 5.75 Å². The van der Waals surface area contributed by atoms with Crippen LogP contribution in [0.2, 0.25) is 0 Å². The molecule has 0 unspecified atom stereocenters. The maximum Gasteiger partial charge on any atom is 0.180 e. The maximum atomic E-state index is 9.28. The summed E-state index contributed by atoms with van der Waals surface area (Å²) in [5, 5.41) is 9.28. The molecule has 0 aliphatic carbocycles. The summed E-state index contributed by atoms with van der Waals surface area (Å²) < 4.78 is 1.67. The van der Waals surface area contributed by atoms with E-state index in [9.17, 15) is 5.11 Å². The van der Waals surface area contributed by atoms with Crippen LogP contribution in [-0.2, 0) is 0 Å². The van der Waals surface area contributed by atoms with Gasteiger partial charge in [0.15, 0.2) is 11.4 Å². The Morgan fingerprint density at radius 3 is 3.18 bits per heavy atom. The van der Waals surface area contributed by atoms with Gasteiger partial charge in [0.1, 0.15) is 0 Å². The first kappa shape index (κ1) is 6.22. The highest BCUT2D eigenvalue weighted by Gasteiger charge is 2.00. The van der Waals surface area contributed by atoms with Gasteiger partial charge in [-0.05, 0) is 19.1 Å². The molecule has 0 aliphatic rings. The number of aromatic hydroxyl groups is 1. The number of hydrogen-bond acceptors (Lipinski definition) is 2. The lowest BCUT2D eigenvalue weighted by Crippen LogP contribution is -1.80. The molecule has 0 saturated carbocycles. The molecular formula is C8H7N2O. The fourth-order valence-corrected chi connectivity index (χ4v) is 1.05. The van der Waals surface area contributed by atoms with E-state index in [1.807, 2.05) is 6.92 Å². The molecule has 2 rings (SSSR count). The molecule has 0 aliphatic heterocycles. The minimum Gasteiger partial charge on any atom is -0.504 e. The van der Waals surface area contributed by atoms with Gasteiger partial charge in [-0.15, -0.1) is 0 Å². The van der Waals surface area contributed by atoms with Crippen LogP contribution in [-0.4, -0.2) is 14.5 Å². The van der Waals surface area contributed by atoms with Gasteiger partial charge in [-0.25, -0.2) is 4.98 Å². The van der Waals surface area contributed by atoms with Gasteiger partial charge in [0.25, 0.3) is 0 Å². The largest absolute Gasteiger partial charge is 0.504 e. The van der Waals surface area contributed by atoms with E-state index in [4.69, 9.17) is 0 Å². The normalized spacial score (nSPS) is 10.6. The van der Waals surface area contributed by atoms with Gasteiger partial charge < -0.3 is 5.11 Å². The lowest BCUT2D eigenvalue weighted by molar-refractivity contribution is 0.477. The number of rotatable bonds is 0. The van der Waals surface area contributed by atoms with Crippen LogP contribution in [0.5, 0.6) is 5.75 Å².